The van der Waals surface area contributed by atoms with Gasteiger partial charge in [0.2, 0.25) is 17.8 Å². The molecule has 2 aromatic heterocycles. The number of nitrogens with one attached hydrogen (secondary N) is 1. The van der Waals surface area contributed by atoms with Gasteiger partial charge in [0.05, 0.1) is 18.3 Å². The number of carbonyl (C=O) groups excluding carboxylic acids is 1. The number of nitrogens with two attached hydrogens (primary N) is 1. The van der Waals surface area contributed by atoms with Gasteiger partial charge in [0.15, 0.2) is 17.3 Å². The molecule has 2 aliphatic rings. The van der Waals surface area contributed by atoms with Crippen molar-refractivity contribution in [1.29, 1.82) is 0 Å². The molecular formula is C25H30ClF2N7O2. The van der Waals surface area contributed by atoms with Crippen LogP contribution in [0.4, 0.5) is 26.4 Å². The summed E-state index contributed by atoms with van der Waals surface area (Å²) in [5.74, 6) is -1.59. The van der Waals surface area contributed by atoms with Crippen molar-refractivity contribution < 1.29 is 18.7 Å². The standard InChI is InChI=1S/C25H30ClF2N7O2/c1-34(19-4-2-3-5-20(19)36)24-30-12-18-23(33-24)35(15-8-6-13(7-9-15)22(29)37)25(31-18)32-21-16(27)10-14(26)11-17(21)28/h10-13,15,19-20,36H,2-9H2,1H3,(H2,29,37)(H,31,32)/t13-,15-,19-,20-/m0/s1. The summed E-state index contributed by atoms with van der Waals surface area (Å²) in [6.07, 6.45) is 7.09. The molecule has 4 N–H and O–H groups in total. The highest BCUT2D eigenvalue weighted by Gasteiger charge is 2.31. The van der Waals surface area contributed by atoms with Gasteiger partial charge >= 0.3 is 0 Å². The lowest BCUT2D eigenvalue weighted by atomic mass is 9.85. The van der Waals surface area contributed by atoms with Crippen molar-refractivity contribution in [3.05, 3.63) is 35.0 Å². The van der Waals surface area contributed by atoms with Crippen LogP contribution < -0.4 is 16.0 Å². The van der Waals surface area contributed by atoms with Crippen molar-refractivity contribution in [1.82, 2.24) is 19.5 Å². The number of amides is 1. The molecule has 1 aromatic carbocycles. The molecule has 2 aliphatic carbocycles. The molecule has 1 amide bonds. The molecule has 2 atom stereocenters. The monoisotopic (exact) mass is 533 g/mol. The summed E-state index contributed by atoms with van der Waals surface area (Å²) in [5.41, 5.74) is 6.11. The molecule has 0 unspecified atom stereocenters. The van der Waals surface area contributed by atoms with Crippen LogP contribution in [0.25, 0.3) is 11.2 Å². The smallest absolute Gasteiger partial charge is 0.227 e. The van der Waals surface area contributed by atoms with Crippen LogP contribution in [0, 0.1) is 17.6 Å². The summed E-state index contributed by atoms with van der Waals surface area (Å²) >= 11 is 5.80. The van der Waals surface area contributed by atoms with E-state index in [-0.39, 0.29) is 40.6 Å². The number of likely N-dealkylation sites (N-methyl/N-ethyl adjacent to an activating group) is 1. The molecule has 2 saturated carbocycles. The normalized spacial score (nSPS) is 24.2. The average Bonchev–Trinajstić information content (AvgIpc) is 3.23. The van der Waals surface area contributed by atoms with E-state index < -0.39 is 17.7 Å². The summed E-state index contributed by atoms with van der Waals surface area (Å²) in [6.45, 7) is 0. The molecule has 37 heavy (non-hydrogen) atoms. The molecule has 2 heterocycles. The zero-order valence-electron chi connectivity index (χ0n) is 20.5. The Morgan fingerprint density at radius 3 is 2.46 bits per heavy atom. The van der Waals surface area contributed by atoms with Crippen molar-refractivity contribution in [3.8, 4) is 0 Å². The molecule has 0 saturated heterocycles. The van der Waals surface area contributed by atoms with E-state index in [1.165, 1.54) is 0 Å². The molecule has 3 aromatic rings. The van der Waals surface area contributed by atoms with E-state index in [4.69, 9.17) is 22.3 Å². The summed E-state index contributed by atoms with van der Waals surface area (Å²) in [6, 6.07) is 1.82. The van der Waals surface area contributed by atoms with Crippen molar-refractivity contribution in [2.75, 3.05) is 17.3 Å². The summed E-state index contributed by atoms with van der Waals surface area (Å²) in [4.78, 5) is 27.5. The maximum absolute atomic E-state index is 14.6. The van der Waals surface area contributed by atoms with Gasteiger partial charge in [-0.25, -0.2) is 18.7 Å². The number of benzene rings is 1. The number of aliphatic hydroxyl groups is 1. The van der Waals surface area contributed by atoms with Crippen LogP contribution in [0.5, 0.6) is 0 Å². The Balaban J connectivity index is 1.56. The SMILES string of the molecule is CN(c1ncc2nc(Nc3c(F)cc(Cl)cc3F)n([C@H]3CC[C@H](C(N)=O)CC3)c2n1)[C@H]1CCCC[C@@H]1O. The average molecular weight is 534 g/mol. The van der Waals surface area contributed by atoms with Gasteiger partial charge in [-0.2, -0.15) is 4.98 Å². The molecule has 5 rings (SSSR count). The number of aliphatic hydroxyl groups excluding tert-OH is 1. The van der Waals surface area contributed by atoms with Crippen LogP contribution in [-0.2, 0) is 4.79 Å². The van der Waals surface area contributed by atoms with Crippen molar-refractivity contribution >= 4 is 46.3 Å². The fraction of sp³-hybridized carbons (Fsp3) is 0.520. The zero-order chi connectivity index (χ0) is 26.3. The number of aromatic nitrogens is 4. The number of anilines is 3. The molecule has 9 nitrogen and oxygen atoms in total. The second kappa shape index (κ2) is 10.4. The van der Waals surface area contributed by atoms with E-state index >= 15 is 0 Å². The van der Waals surface area contributed by atoms with Gasteiger partial charge in [0, 0.05) is 24.0 Å². The minimum atomic E-state index is -0.848. The van der Waals surface area contributed by atoms with Gasteiger partial charge in [-0.15, -0.1) is 0 Å². The second-order valence-electron chi connectivity index (χ2n) is 9.99. The fourth-order valence-corrected chi connectivity index (χ4v) is 5.76. The molecular weight excluding hydrogens is 504 g/mol. The van der Waals surface area contributed by atoms with Crippen LogP contribution in [0.1, 0.15) is 57.4 Å². The number of fused-ring (bicyclic) bond motifs is 1. The van der Waals surface area contributed by atoms with Gasteiger partial charge in [0.25, 0.3) is 0 Å². The number of imidazole rings is 1. The predicted molar refractivity (Wildman–Crippen MR) is 137 cm³/mol. The van der Waals surface area contributed by atoms with Crippen molar-refractivity contribution in [2.24, 2.45) is 11.7 Å². The lowest BCUT2D eigenvalue weighted by molar-refractivity contribution is -0.122. The minimum absolute atomic E-state index is 0.0535. The molecule has 0 aliphatic heterocycles. The highest BCUT2D eigenvalue weighted by Crippen LogP contribution is 2.38. The first-order valence-corrected chi connectivity index (χ1v) is 13.0. The number of primary amides is 1. The largest absolute Gasteiger partial charge is 0.391 e. The first-order chi connectivity index (χ1) is 17.7. The first kappa shape index (κ1) is 25.6. The quantitative estimate of drug-likeness (QED) is 0.427. The van der Waals surface area contributed by atoms with Gasteiger partial charge in [0.1, 0.15) is 11.2 Å². The molecule has 12 heteroatoms. The Kier molecular flexibility index (Phi) is 7.17. The van der Waals surface area contributed by atoms with Crippen molar-refractivity contribution in [2.45, 2.75) is 69.6 Å². The van der Waals surface area contributed by atoms with E-state index in [9.17, 15) is 18.7 Å². The number of hydrogen-bond acceptors (Lipinski definition) is 7. The molecule has 0 spiro atoms. The number of carbonyl (C=O) groups is 1. The Bertz CT molecular complexity index is 1290. The topological polar surface area (TPSA) is 122 Å². The number of halogens is 3. The third kappa shape index (κ3) is 5.06. The van der Waals surface area contributed by atoms with E-state index in [1.54, 1.807) is 6.20 Å². The van der Waals surface area contributed by atoms with E-state index in [0.717, 1.165) is 37.8 Å². The highest BCUT2D eigenvalue weighted by atomic mass is 35.5. The van der Waals surface area contributed by atoms with E-state index in [1.807, 2.05) is 16.5 Å². The predicted octanol–water partition coefficient (Wildman–Crippen LogP) is 4.46. The van der Waals surface area contributed by atoms with Gasteiger partial charge in [-0.05, 0) is 50.7 Å². The number of hydrogen-bond donors (Lipinski definition) is 3. The lowest BCUT2D eigenvalue weighted by Crippen LogP contribution is -2.44. The third-order valence-electron chi connectivity index (χ3n) is 7.63. The Morgan fingerprint density at radius 1 is 1.14 bits per heavy atom. The van der Waals surface area contributed by atoms with E-state index in [0.29, 0.717) is 42.8 Å². The first-order valence-electron chi connectivity index (χ1n) is 12.6. The summed E-state index contributed by atoms with van der Waals surface area (Å²) in [7, 11) is 1.86. The minimum Gasteiger partial charge on any atom is -0.391 e. The van der Waals surface area contributed by atoms with Gasteiger partial charge in [-0.1, -0.05) is 24.4 Å². The van der Waals surface area contributed by atoms with Gasteiger partial charge < -0.3 is 21.1 Å². The van der Waals surface area contributed by atoms with Crippen LogP contribution >= 0.6 is 11.6 Å². The molecule has 2 fully saturated rings. The van der Waals surface area contributed by atoms with Crippen LogP contribution in [0.2, 0.25) is 5.02 Å². The Morgan fingerprint density at radius 2 is 1.81 bits per heavy atom. The summed E-state index contributed by atoms with van der Waals surface area (Å²) in [5, 5.41) is 13.3. The van der Waals surface area contributed by atoms with E-state index in [2.05, 4.69) is 15.3 Å². The van der Waals surface area contributed by atoms with Crippen LogP contribution in [0.3, 0.4) is 0 Å². The number of nitrogens with zero attached hydrogens (tertiary/aromatic N) is 5. The zero-order valence-corrected chi connectivity index (χ0v) is 21.3. The third-order valence-corrected chi connectivity index (χ3v) is 7.85. The lowest BCUT2D eigenvalue weighted by Gasteiger charge is -2.35. The maximum Gasteiger partial charge on any atom is 0.227 e. The molecule has 0 bridgehead atoms. The molecule has 0 radical (unpaired) electrons. The van der Waals surface area contributed by atoms with Crippen LogP contribution in [-0.4, -0.2) is 49.7 Å². The van der Waals surface area contributed by atoms with Crippen LogP contribution in [0.15, 0.2) is 18.3 Å². The second-order valence-corrected chi connectivity index (χ2v) is 10.4. The van der Waals surface area contributed by atoms with Crippen molar-refractivity contribution in [3.63, 3.8) is 0 Å². The highest BCUT2D eigenvalue weighted by molar-refractivity contribution is 6.30. The number of rotatable bonds is 6. The maximum atomic E-state index is 14.6. The molecule has 198 valence electrons. The summed E-state index contributed by atoms with van der Waals surface area (Å²) < 4.78 is 31.1. The Hall–Kier alpha value is -3.05. The Labute approximate surface area is 218 Å². The fourth-order valence-electron chi connectivity index (χ4n) is 5.57. The van der Waals surface area contributed by atoms with Gasteiger partial charge in [-0.3, -0.25) is 9.36 Å².